The second-order valence-electron chi connectivity index (χ2n) is 4.01. The van der Waals surface area contributed by atoms with E-state index in [1.165, 1.54) is 0 Å². The van der Waals surface area contributed by atoms with Gasteiger partial charge in [0, 0.05) is 28.7 Å². The van der Waals surface area contributed by atoms with Crippen LogP contribution in [0.25, 0.3) is 0 Å². The molecule has 0 heterocycles. The quantitative estimate of drug-likeness (QED) is 0.660. The van der Waals surface area contributed by atoms with Gasteiger partial charge in [-0.05, 0) is 29.8 Å². The summed E-state index contributed by atoms with van der Waals surface area (Å²) < 4.78 is 13.6. The highest BCUT2D eigenvalue weighted by Crippen LogP contribution is 2.24. The second-order valence-corrected chi connectivity index (χ2v) is 4.85. The van der Waals surface area contributed by atoms with E-state index in [2.05, 4.69) is 5.32 Å². The Morgan fingerprint density at radius 3 is 2.65 bits per heavy atom. The lowest BCUT2D eigenvalue weighted by Gasteiger charge is -2.09. The number of rotatable bonds is 4. The monoisotopic (exact) mass is 314 g/mol. The number of hydrogen-bond donors (Lipinski definition) is 1. The summed E-state index contributed by atoms with van der Waals surface area (Å²) in [5.41, 5.74) is 0.520. The predicted molar refractivity (Wildman–Crippen MR) is 76.8 cm³/mol. The summed E-state index contributed by atoms with van der Waals surface area (Å²) >= 11 is 11.8. The number of non-ortho nitro benzene ring substituents is 1. The molecule has 104 valence electrons. The van der Waals surface area contributed by atoms with Gasteiger partial charge in [-0.3, -0.25) is 10.1 Å². The Labute approximate surface area is 124 Å². The lowest BCUT2D eigenvalue weighted by molar-refractivity contribution is -0.384. The molecule has 0 bridgehead atoms. The molecular formula is C13H9Cl2FN2O2. The van der Waals surface area contributed by atoms with Crippen LogP contribution in [0.1, 0.15) is 5.56 Å². The average Bonchev–Trinajstić information content (AvgIpc) is 2.41. The molecule has 4 nitrogen and oxygen atoms in total. The fourth-order valence-corrected chi connectivity index (χ4v) is 2.01. The number of benzene rings is 2. The van der Waals surface area contributed by atoms with E-state index in [4.69, 9.17) is 23.2 Å². The van der Waals surface area contributed by atoms with Crippen LogP contribution >= 0.6 is 23.2 Å². The molecule has 20 heavy (non-hydrogen) atoms. The van der Waals surface area contributed by atoms with Gasteiger partial charge in [0.05, 0.1) is 10.6 Å². The van der Waals surface area contributed by atoms with E-state index in [9.17, 15) is 14.5 Å². The zero-order valence-corrected chi connectivity index (χ0v) is 11.6. The molecule has 0 aromatic heterocycles. The number of halogens is 3. The molecule has 0 fully saturated rings. The van der Waals surface area contributed by atoms with Gasteiger partial charge >= 0.3 is 0 Å². The van der Waals surface area contributed by atoms with E-state index in [1.807, 2.05) is 0 Å². The van der Waals surface area contributed by atoms with Crippen LogP contribution in [-0.2, 0) is 6.54 Å². The summed E-state index contributed by atoms with van der Waals surface area (Å²) in [6.07, 6.45) is 0. The van der Waals surface area contributed by atoms with Crippen LogP contribution in [0.2, 0.25) is 10.0 Å². The topological polar surface area (TPSA) is 55.2 Å². The smallest absolute Gasteiger partial charge is 0.271 e. The van der Waals surface area contributed by atoms with Crippen molar-refractivity contribution in [2.45, 2.75) is 6.54 Å². The molecular weight excluding hydrogens is 306 g/mol. The number of nitrogens with zero attached hydrogens (tertiary/aromatic N) is 1. The Kier molecular flexibility index (Phi) is 4.42. The van der Waals surface area contributed by atoms with Gasteiger partial charge < -0.3 is 5.32 Å². The average molecular weight is 315 g/mol. The summed E-state index contributed by atoms with van der Waals surface area (Å²) in [4.78, 5) is 10.1. The summed E-state index contributed by atoms with van der Waals surface area (Å²) in [5, 5.41) is 14.4. The third kappa shape index (κ3) is 3.37. The van der Waals surface area contributed by atoms with Crippen molar-refractivity contribution in [2.24, 2.45) is 0 Å². The van der Waals surface area contributed by atoms with Crippen LogP contribution in [0.15, 0.2) is 36.4 Å². The minimum Gasteiger partial charge on any atom is -0.378 e. The first-order valence-electron chi connectivity index (χ1n) is 5.59. The highest BCUT2D eigenvalue weighted by molar-refractivity contribution is 6.33. The number of anilines is 1. The van der Waals surface area contributed by atoms with Crippen LogP contribution < -0.4 is 5.32 Å². The lowest BCUT2D eigenvalue weighted by Crippen LogP contribution is -2.03. The minimum atomic E-state index is -0.586. The first kappa shape index (κ1) is 14.6. The molecule has 0 saturated heterocycles. The molecule has 0 aliphatic heterocycles. The standard InChI is InChI=1S/C13H9Cl2FN2O2/c14-9-1-3-11(15)8(5-9)7-17-13-6-10(18(19)20)2-4-12(13)16/h1-6,17H,7H2. The Hall–Kier alpha value is -1.85. The molecule has 2 rings (SSSR count). The van der Waals surface area contributed by atoms with Crippen molar-refractivity contribution >= 4 is 34.6 Å². The van der Waals surface area contributed by atoms with Gasteiger partial charge in [-0.2, -0.15) is 0 Å². The predicted octanol–water partition coefficient (Wildman–Crippen LogP) is 4.65. The molecule has 7 heteroatoms. The van der Waals surface area contributed by atoms with Gasteiger partial charge in [-0.1, -0.05) is 23.2 Å². The zero-order chi connectivity index (χ0) is 14.7. The maximum atomic E-state index is 13.6. The Balaban J connectivity index is 2.20. The van der Waals surface area contributed by atoms with Gasteiger partial charge in [-0.15, -0.1) is 0 Å². The van der Waals surface area contributed by atoms with Crippen molar-refractivity contribution in [1.82, 2.24) is 0 Å². The molecule has 0 saturated carbocycles. The minimum absolute atomic E-state index is 0.0373. The van der Waals surface area contributed by atoms with Crippen molar-refractivity contribution in [3.05, 3.63) is 67.9 Å². The van der Waals surface area contributed by atoms with Crippen LogP contribution in [0.4, 0.5) is 15.8 Å². The molecule has 0 radical (unpaired) electrons. The molecule has 0 amide bonds. The Morgan fingerprint density at radius 2 is 1.95 bits per heavy atom. The van der Waals surface area contributed by atoms with Gasteiger partial charge in [0.15, 0.2) is 0 Å². The third-order valence-corrected chi connectivity index (χ3v) is 3.24. The number of nitro benzene ring substituents is 1. The first-order valence-corrected chi connectivity index (χ1v) is 6.34. The van der Waals surface area contributed by atoms with E-state index >= 15 is 0 Å². The number of nitrogens with one attached hydrogen (secondary N) is 1. The fourth-order valence-electron chi connectivity index (χ4n) is 1.63. The van der Waals surface area contributed by atoms with Gasteiger partial charge in [0.25, 0.3) is 5.69 Å². The molecule has 0 aliphatic carbocycles. The van der Waals surface area contributed by atoms with Crippen molar-refractivity contribution in [3.8, 4) is 0 Å². The molecule has 0 aliphatic rings. The van der Waals surface area contributed by atoms with Crippen molar-refractivity contribution in [2.75, 3.05) is 5.32 Å². The molecule has 2 aromatic rings. The van der Waals surface area contributed by atoms with Crippen LogP contribution in [0, 0.1) is 15.9 Å². The maximum Gasteiger partial charge on any atom is 0.271 e. The molecule has 0 atom stereocenters. The van der Waals surface area contributed by atoms with Gasteiger partial charge in [0.2, 0.25) is 0 Å². The highest BCUT2D eigenvalue weighted by Gasteiger charge is 2.11. The normalized spacial score (nSPS) is 10.3. The largest absolute Gasteiger partial charge is 0.378 e. The molecule has 0 unspecified atom stereocenters. The van der Waals surface area contributed by atoms with Gasteiger partial charge in [-0.25, -0.2) is 4.39 Å². The summed E-state index contributed by atoms with van der Waals surface area (Å²) in [5.74, 6) is -0.575. The van der Waals surface area contributed by atoms with Crippen molar-refractivity contribution in [3.63, 3.8) is 0 Å². The second kappa shape index (κ2) is 6.07. The van der Waals surface area contributed by atoms with E-state index in [-0.39, 0.29) is 17.9 Å². The van der Waals surface area contributed by atoms with Crippen molar-refractivity contribution in [1.29, 1.82) is 0 Å². The summed E-state index contributed by atoms with van der Waals surface area (Å²) in [7, 11) is 0. The third-order valence-electron chi connectivity index (χ3n) is 2.64. The number of nitro groups is 1. The fraction of sp³-hybridized carbons (Fsp3) is 0.0769. The highest BCUT2D eigenvalue weighted by atomic mass is 35.5. The van der Waals surface area contributed by atoms with E-state index in [0.29, 0.717) is 15.6 Å². The molecule has 1 N–H and O–H groups in total. The zero-order valence-electron chi connectivity index (χ0n) is 10.1. The number of hydrogen-bond acceptors (Lipinski definition) is 3. The molecule has 2 aromatic carbocycles. The maximum absolute atomic E-state index is 13.6. The van der Waals surface area contributed by atoms with Crippen molar-refractivity contribution < 1.29 is 9.31 Å². The van der Waals surface area contributed by atoms with Crippen LogP contribution in [0.5, 0.6) is 0 Å². The van der Waals surface area contributed by atoms with E-state index < -0.39 is 10.7 Å². The Morgan fingerprint density at radius 1 is 1.20 bits per heavy atom. The molecule has 0 spiro atoms. The van der Waals surface area contributed by atoms with E-state index in [1.54, 1.807) is 18.2 Å². The summed E-state index contributed by atoms with van der Waals surface area (Å²) in [6.45, 7) is 0.206. The van der Waals surface area contributed by atoms with E-state index in [0.717, 1.165) is 18.2 Å². The van der Waals surface area contributed by atoms with Gasteiger partial charge in [0.1, 0.15) is 5.82 Å². The van der Waals surface area contributed by atoms with Crippen LogP contribution in [0.3, 0.4) is 0 Å². The SMILES string of the molecule is O=[N+]([O-])c1ccc(F)c(NCc2cc(Cl)ccc2Cl)c1. The summed E-state index contributed by atoms with van der Waals surface area (Å²) in [6, 6.07) is 8.19. The first-order chi connectivity index (χ1) is 9.47. The Bertz CT molecular complexity index is 665. The van der Waals surface area contributed by atoms with Crippen LogP contribution in [-0.4, -0.2) is 4.92 Å². The lowest BCUT2D eigenvalue weighted by atomic mass is 10.2.